The van der Waals surface area contributed by atoms with Gasteiger partial charge in [0.2, 0.25) is 0 Å². The first-order chi connectivity index (χ1) is 9.49. The smallest absolute Gasteiger partial charge is 0.145 e. The number of rotatable bonds is 4. The number of benzene rings is 2. The Morgan fingerprint density at radius 2 is 2.05 bits per heavy atom. The Morgan fingerprint density at radius 1 is 1.35 bits per heavy atom. The van der Waals surface area contributed by atoms with Crippen molar-refractivity contribution in [3.8, 4) is 5.75 Å². The van der Waals surface area contributed by atoms with Gasteiger partial charge in [0.15, 0.2) is 0 Å². The fourth-order valence-corrected chi connectivity index (χ4v) is 2.43. The first-order valence-electron chi connectivity index (χ1n) is 5.68. The van der Waals surface area contributed by atoms with E-state index in [1.165, 1.54) is 12.1 Å². The van der Waals surface area contributed by atoms with Gasteiger partial charge in [0.25, 0.3) is 0 Å². The molecule has 0 heterocycles. The summed E-state index contributed by atoms with van der Waals surface area (Å²) in [6.45, 7) is 0.176. The second kappa shape index (κ2) is 6.24. The summed E-state index contributed by atoms with van der Waals surface area (Å²) in [5, 5.41) is 7.52. The van der Waals surface area contributed by atoms with E-state index < -0.39 is 5.82 Å². The van der Waals surface area contributed by atoms with Gasteiger partial charge in [-0.15, -0.1) is 0 Å². The predicted molar refractivity (Wildman–Crippen MR) is 80.9 cm³/mol. The van der Waals surface area contributed by atoms with Crippen LogP contribution in [0.3, 0.4) is 0 Å². The first kappa shape index (κ1) is 14.8. The van der Waals surface area contributed by atoms with E-state index in [1.807, 2.05) is 6.07 Å². The molecule has 0 unspecified atom stereocenters. The van der Waals surface area contributed by atoms with Crippen LogP contribution in [-0.2, 0) is 6.61 Å². The molecule has 3 N–H and O–H groups in total. The average Bonchev–Trinajstić information content (AvgIpc) is 2.41. The topological polar surface area (TPSA) is 59.1 Å². The van der Waals surface area contributed by atoms with Crippen molar-refractivity contribution in [1.82, 2.24) is 0 Å². The van der Waals surface area contributed by atoms with Gasteiger partial charge < -0.3 is 10.5 Å². The lowest BCUT2D eigenvalue weighted by Crippen LogP contribution is -2.14. The molecule has 0 radical (unpaired) electrons. The van der Waals surface area contributed by atoms with E-state index in [9.17, 15) is 4.39 Å². The third-order valence-corrected chi connectivity index (χ3v) is 3.57. The third kappa shape index (κ3) is 3.29. The highest BCUT2D eigenvalue weighted by atomic mass is 79.9. The van der Waals surface area contributed by atoms with Crippen molar-refractivity contribution in [3.05, 3.63) is 62.8 Å². The minimum atomic E-state index is -0.551. The number of halogens is 3. The highest BCUT2D eigenvalue weighted by Gasteiger charge is 2.10. The van der Waals surface area contributed by atoms with Crippen LogP contribution in [0.5, 0.6) is 5.75 Å². The second-order valence-corrected chi connectivity index (χ2v) is 5.32. The van der Waals surface area contributed by atoms with E-state index in [2.05, 4.69) is 15.9 Å². The van der Waals surface area contributed by atoms with Crippen LogP contribution >= 0.6 is 27.5 Å². The molecule has 0 saturated heterocycles. The Balaban J connectivity index is 2.21. The van der Waals surface area contributed by atoms with Gasteiger partial charge in [0.1, 0.15) is 24.0 Å². The van der Waals surface area contributed by atoms with Crippen LogP contribution in [-0.4, -0.2) is 5.84 Å². The van der Waals surface area contributed by atoms with Crippen molar-refractivity contribution < 1.29 is 9.13 Å². The zero-order chi connectivity index (χ0) is 14.7. The Labute approximate surface area is 129 Å². The van der Waals surface area contributed by atoms with Crippen molar-refractivity contribution >= 4 is 33.4 Å². The summed E-state index contributed by atoms with van der Waals surface area (Å²) in [7, 11) is 0. The molecule has 2 aromatic carbocycles. The highest BCUT2D eigenvalue weighted by molar-refractivity contribution is 9.10. The molecular weight excluding hydrogens is 347 g/mol. The van der Waals surface area contributed by atoms with Gasteiger partial charge in [-0.05, 0) is 22.0 Å². The second-order valence-electron chi connectivity index (χ2n) is 4.06. The first-order valence-corrected chi connectivity index (χ1v) is 6.85. The SMILES string of the molecule is N=C(N)c1ccccc1COc1cc(F)c(Cl)cc1Br. The summed E-state index contributed by atoms with van der Waals surface area (Å²) >= 11 is 8.92. The maximum Gasteiger partial charge on any atom is 0.145 e. The van der Waals surface area contributed by atoms with Crippen LogP contribution in [0.1, 0.15) is 11.1 Å². The molecule has 0 spiro atoms. The molecule has 0 atom stereocenters. The van der Waals surface area contributed by atoms with E-state index in [0.717, 1.165) is 5.56 Å². The van der Waals surface area contributed by atoms with Crippen molar-refractivity contribution in [2.24, 2.45) is 5.73 Å². The van der Waals surface area contributed by atoms with Crippen molar-refractivity contribution in [2.45, 2.75) is 6.61 Å². The molecule has 0 aliphatic carbocycles. The molecule has 0 amide bonds. The van der Waals surface area contributed by atoms with Crippen LogP contribution in [0, 0.1) is 11.2 Å². The Morgan fingerprint density at radius 3 is 2.75 bits per heavy atom. The monoisotopic (exact) mass is 356 g/mol. The van der Waals surface area contributed by atoms with Gasteiger partial charge in [0.05, 0.1) is 9.50 Å². The standard InChI is InChI=1S/C14H11BrClFN2O/c15-10-5-11(16)12(17)6-13(10)20-7-8-3-1-2-4-9(8)14(18)19/h1-6H,7H2,(H3,18,19). The Bertz CT molecular complexity index is 664. The molecule has 104 valence electrons. The fraction of sp³-hybridized carbons (Fsp3) is 0.0714. The van der Waals surface area contributed by atoms with Crippen LogP contribution in [0.25, 0.3) is 0 Å². The maximum absolute atomic E-state index is 13.4. The van der Waals surface area contributed by atoms with E-state index in [1.54, 1.807) is 18.2 Å². The Hall–Kier alpha value is -1.59. The number of hydrogen-bond donors (Lipinski definition) is 2. The molecule has 0 fully saturated rings. The van der Waals surface area contributed by atoms with Crippen LogP contribution in [0.4, 0.5) is 4.39 Å². The number of nitrogen functional groups attached to an aromatic ring is 1. The quantitative estimate of drug-likeness (QED) is 0.491. The highest BCUT2D eigenvalue weighted by Crippen LogP contribution is 2.31. The molecule has 2 rings (SSSR count). The van der Waals surface area contributed by atoms with Crippen LogP contribution in [0.15, 0.2) is 40.9 Å². The lowest BCUT2D eigenvalue weighted by atomic mass is 10.1. The van der Waals surface area contributed by atoms with Crippen LogP contribution < -0.4 is 10.5 Å². The van der Waals surface area contributed by atoms with Gasteiger partial charge >= 0.3 is 0 Å². The molecule has 6 heteroatoms. The average molecular weight is 358 g/mol. The molecular formula is C14H11BrClFN2O. The van der Waals surface area contributed by atoms with Crippen molar-refractivity contribution in [2.75, 3.05) is 0 Å². The molecule has 0 aromatic heterocycles. The molecule has 0 aliphatic heterocycles. The summed E-state index contributed by atoms with van der Waals surface area (Å²) < 4.78 is 19.5. The van der Waals surface area contributed by atoms with Gasteiger partial charge in [-0.1, -0.05) is 35.9 Å². The molecule has 2 aromatic rings. The van der Waals surface area contributed by atoms with Gasteiger partial charge in [0, 0.05) is 17.2 Å². The fourth-order valence-electron chi connectivity index (χ4n) is 1.68. The van der Waals surface area contributed by atoms with Crippen molar-refractivity contribution in [3.63, 3.8) is 0 Å². The number of amidine groups is 1. The normalized spacial score (nSPS) is 10.3. The Kier molecular flexibility index (Phi) is 4.62. The van der Waals surface area contributed by atoms with E-state index in [4.69, 9.17) is 27.5 Å². The predicted octanol–water partition coefficient (Wildman–Crippen LogP) is 4.10. The zero-order valence-corrected chi connectivity index (χ0v) is 12.6. The number of nitrogens with one attached hydrogen (secondary N) is 1. The van der Waals surface area contributed by atoms with Gasteiger partial charge in [-0.25, -0.2) is 4.39 Å². The maximum atomic E-state index is 13.4. The lowest BCUT2D eigenvalue weighted by Gasteiger charge is -2.11. The number of hydrogen-bond acceptors (Lipinski definition) is 2. The minimum Gasteiger partial charge on any atom is -0.488 e. The van der Waals surface area contributed by atoms with Gasteiger partial charge in [-0.2, -0.15) is 0 Å². The third-order valence-electron chi connectivity index (χ3n) is 2.67. The van der Waals surface area contributed by atoms with Gasteiger partial charge in [-0.3, -0.25) is 5.41 Å². The lowest BCUT2D eigenvalue weighted by molar-refractivity contribution is 0.302. The summed E-state index contributed by atoms with van der Waals surface area (Å²) in [6.07, 6.45) is 0. The molecule has 0 aliphatic rings. The largest absolute Gasteiger partial charge is 0.488 e. The number of ether oxygens (including phenoxy) is 1. The molecule has 3 nitrogen and oxygen atoms in total. The summed E-state index contributed by atoms with van der Waals surface area (Å²) in [5.41, 5.74) is 6.85. The van der Waals surface area contributed by atoms with Crippen molar-refractivity contribution in [1.29, 1.82) is 5.41 Å². The van der Waals surface area contributed by atoms with E-state index >= 15 is 0 Å². The van der Waals surface area contributed by atoms with E-state index in [-0.39, 0.29) is 17.5 Å². The minimum absolute atomic E-state index is 0.0216. The summed E-state index contributed by atoms with van der Waals surface area (Å²) in [6, 6.07) is 9.79. The molecule has 20 heavy (non-hydrogen) atoms. The van der Waals surface area contributed by atoms with E-state index in [0.29, 0.717) is 15.8 Å². The molecule has 0 saturated carbocycles. The number of nitrogens with two attached hydrogens (primary N) is 1. The summed E-state index contributed by atoms with van der Waals surface area (Å²) in [5.74, 6) is -0.250. The molecule has 0 bridgehead atoms. The van der Waals surface area contributed by atoms with Crippen LogP contribution in [0.2, 0.25) is 5.02 Å². The zero-order valence-electron chi connectivity index (χ0n) is 10.3. The summed E-state index contributed by atoms with van der Waals surface area (Å²) in [4.78, 5) is 0.